The zero-order valence-electron chi connectivity index (χ0n) is 24.7. The Balaban J connectivity index is 1.74. The maximum atomic E-state index is 13.5. The van der Waals surface area contributed by atoms with Crippen LogP contribution in [0.2, 0.25) is 0 Å². The molecule has 8 heteroatoms. The highest BCUT2D eigenvalue weighted by molar-refractivity contribution is 7.57. The Bertz CT molecular complexity index is 1340. The van der Waals surface area contributed by atoms with Gasteiger partial charge < -0.3 is 20.3 Å². The van der Waals surface area contributed by atoms with Crippen molar-refractivity contribution >= 4 is 19.2 Å². The summed E-state index contributed by atoms with van der Waals surface area (Å²) in [7, 11) is -0.556. The van der Waals surface area contributed by atoms with Gasteiger partial charge in [0.05, 0.1) is 7.11 Å². The van der Waals surface area contributed by atoms with Gasteiger partial charge in [0.25, 0.3) is 0 Å². The van der Waals surface area contributed by atoms with Gasteiger partial charge in [0.2, 0.25) is 19.2 Å². The molecule has 7 nitrogen and oxygen atoms in total. The third-order valence-corrected chi connectivity index (χ3v) is 9.07. The van der Waals surface area contributed by atoms with E-state index in [2.05, 4.69) is 10.6 Å². The van der Waals surface area contributed by atoms with Crippen molar-refractivity contribution in [3.05, 3.63) is 101 Å². The summed E-state index contributed by atoms with van der Waals surface area (Å²) in [4.78, 5) is 37.2. The summed E-state index contributed by atoms with van der Waals surface area (Å²) in [5.41, 5.74) is 3.37. The van der Waals surface area contributed by atoms with Crippen molar-refractivity contribution in [1.82, 2.24) is 10.6 Å². The van der Waals surface area contributed by atoms with E-state index < -0.39 is 24.7 Å². The highest BCUT2D eigenvalue weighted by Crippen LogP contribution is 2.47. The molecule has 3 aromatic carbocycles. The summed E-state index contributed by atoms with van der Waals surface area (Å²) in [5, 5.41) is 5.49. The molecule has 3 rings (SSSR count). The standard InChI is InChI=1S/C33H43N2O5P/c1-33(2,3)30(32(37)34-4)35-31(36)28(20-19-24-11-7-6-8-12-24)23-41(38,39)22-26-17-15-25(16-18-26)21-27-13-9-10-14-29(27)40-5/h6-18,28,30H,19-23H2,1-5H3,(H,34,37)(H,35,36)(H,38,39)/t28?,30-/m1/s1. The van der Waals surface area contributed by atoms with Gasteiger partial charge in [-0.25, -0.2) is 0 Å². The zero-order chi connectivity index (χ0) is 30.0. The van der Waals surface area contributed by atoms with Crippen molar-refractivity contribution in [3.8, 4) is 5.75 Å². The largest absolute Gasteiger partial charge is 0.496 e. The first-order valence-electron chi connectivity index (χ1n) is 14.0. The number of hydrogen-bond acceptors (Lipinski definition) is 4. The first kappa shape index (κ1) is 32.1. The molecule has 0 aliphatic rings. The molecule has 0 fully saturated rings. The molecule has 220 valence electrons. The number of aryl methyl sites for hydroxylation is 1. The summed E-state index contributed by atoms with van der Waals surface area (Å²) in [6, 6.07) is 24.5. The average molecular weight is 579 g/mol. The fourth-order valence-electron chi connectivity index (χ4n) is 4.90. The van der Waals surface area contributed by atoms with Gasteiger partial charge >= 0.3 is 0 Å². The van der Waals surface area contributed by atoms with Crippen LogP contribution in [0.4, 0.5) is 0 Å². The Hall–Kier alpha value is -3.41. The SMILES string of the molecule is CNC(=O)[C@@H](NC(=O)C(CCc1ccccc1)CP(=O)(O)Cc1ccc(Cc2ccccc2OC)cc1)C(C)(C)C. The maximum Gasteiger partial charge on any atom is 0.242 e. The van der Waals surface area contributed by atoms with Crippen LogP contribution in [0.15, 0.2) is 78.9 Å². The minimum Gasteiger partial charge on any atom is -0.496 e. The van der Waals surface area contributed by atoms with E-state index >= 15 is 0 Å². The normalized spacial score (nSPS) is 14.4. The fourth-order valence-corrected chi connectivity index (χ4v) is 6.84. The van der Waals surface area contributed by atoms with Gasteiger partial charge in [-0.3, -0.25) is 14.2 Å². The minimum absolute atomic E-state index is 0.0325. The van der Waals surface area contributed by atoms with E-state index in [1.165, 1.54) is 7.05 Å². The summed E-state index contributed by atoms with van der Waals surface area (Å²) in [6.45, 7) is 5.63. The number of likely N-dealkylation sites (N-methyl/N-ethyl adjacent to an activating group) is 1. The van der Waals surface area contributed by atoms with Gasteiger partial charge in [-0.1, -0.05) is 93.6 Å². The Kier molecular flexibility index (Phi) is 11.3. The molecule has 0 radical (unpaired) electrons. The lowest BCUT2D eigenvalue weighted by atomic mass is 9.85. The molecule has 3 aromatic rings. The van der Waals surface area contributed by atoms with E-state index in [0.717, 1.165) is 28.0 Å². The predicted octanol–water partition coefficient (Wildman–Crippen LogP) is 5.58. The third kappa shape index (κ3) is 9.87. The molecule has 0 spiro atoms. The van der Waals surface area contributed by atoms with E-state index in [1.54, 1.807) is 7.11 Å². The average Bonchev–Trinajstić information content (AvgIpc) is 2.94. The Morgan fingerprint density at radius 3 is 2.10 bits per heavy atom. The molecule has 0 bridgehead atoms. The van der Waals surface area contributed by atoms with Crippen molar-refractivity contribution in [3.63, 3.8) is 0 Å². The number of methoxy groups -OCH3 is 1. The lowest BCUT2D eigenvalue weighted by Gasteiger charge is -2.31. The molecule has 0 aliphatic heterocycles. The molecule has 2 amide bonds. The molecule has 0 saturated heterocycles. The quantitative estimate of drug-likeness (QED) is 0.230. The van der Waals surface area contributed by atoms with E-state index in [1.807, 2.05) is 99.6 Å². The molecule has 41 heavy (non-hydrogen) atoms. The molecular formula is C33H43N2O5P. The number of amides is 2. The number of carbonyl (C=O) groups excluding carboxylic acids is 2. The van der Waals surface area contributed by atoms with Crippen molar-refractivity contribution < 1.29 is 23.8 Å². The van der Waals surface area contributed by atoms with Crippen molar-refractivity contribution in [1.29, 1.82) is 0 Å². The van der Waals surface area contributed by atoms with Crippen LogP contribution in [0.3, 0.4) is 0 Å². The minimum atomic E-state index is -3.74. The van der Waals surface area contributed by atoms with Crippen LogP contribution in [-0.4, -0.2) is 43.1 Å². The number of rotatable bonds is 13. The zero-order valence-corrected chi connectivity index (χ0v) is 25.6. The molecule has 3 atom stereocenters. The molecule has 0 saturated carbocycles. The Morgan fingerprint density at radius 2 is 1.49 bits per heavy atom. The number of hydrogen-bond donors (Lipinski definition) is 3. The fraction of sp³-hybridized carbons (Fsp3) is 0.394. The van der Waals surface area contributed by atoms with Gasteiger partial charge in [-0.05, 0) is 46.6 Å². The third-order valence-electron chi connectivity index (χ3n) is 7.20. The first-order valence-corrected chi connectivity index (χ1v) is 16.0. The molecule has 0 heterocycles. The smallest absolute Gasteiger partial charge is 0.242 e. The molecular weight excluding hydrogens is 535 g/mol. The van der Waals surface area contributed by atoms with Gasteiger partial charge in [-0.15, -0.1) is 0 Å². The number of ether oxygens (including phenoxy) is 1. The van der Waals surface area contributed by atoms with Crippen LogP contribution in [0.1, 0.15) is 49.4 Å². The highest BCUT2D eigenvalue weighted by atomic mass is 31.2. The maximum absolute atomic E-state index is 13.5. The molecule has 0 aromatic heterocycles. The summed E-state index contributed by atoms with van der Waals surface area (Å²) in [6.07, 6.45) is 1.46. The van der Waals surface area contributed by atoms with Crippen molar-refractivity contribution in [2.24, 2.45) is 11.3 Å². The van der Waals surface area contributed by atoms with Gasteiger partial charge in [0.15, 0.2) is 0 Å². The van der Waals surface area contributed by atoms with Crippen LogP contribution in [0, 0.1) is 11.3 Å². The van der Waals surface area contributed by atoms with Crippen LogP contribution < -0.4 is 15.4 Å². The lowest BCUT2D eigenvalue weighted by molar-refractivity contribution is -0.133. The summed E-state index contributed by atoms with van der Waals surface area (Å²) in [5.74, 6) is -0.592. The second-order valence-corrected chi connectivity index (χ2v) is 14.0. The van der Waals surface area contributed by atoms with E-state index in [9.17, 15) is 19.0 Å². The highest BCUT2D eigenvalue weighted by Gasteiger charge is 2.36. The lowest BCUT2D eigenvalue weighted by Crippen LogP contribution is -2.54. The van der Waals surface area contributed by atoms with Gasteiger partial charge in [-0.2, -0.15) is 0 Å². The van der Waals surface area contributed by atoms with E-state index in [0.29, 0.717) is 19.3 Å². The number of para-hydroxylation sites is 1. The predicted molar refractivity (Wildman–Crippen MR) is 164 cm³/mol. The number of benzene rings is 3. The van der Waals surface area contributed by atoms with Gasteiger partial charge in [0, 0.05) is 31.7 Å². The molecule has 0 aliphatic carbocycles. The number of carbonyl (C=O) groups is 2. The second kappa shape index (κ2) is 14.5. The molecule has 2 unspecified atom stereocenters. The monoisotopic (exact) mass is 578 g/mol. The number of nitrogens with one attached hydrogen (secondary N) is 2. The second-order valence-electron chi connectivity index (χ2n) is 11.6. The Labute approximate surface area is 244 Å². The molecule has 3 N–H and O–H groups in total. The van der Waals surface area contributed by atoms with E-state index in [4.69, 9.17) is 4.74 Å². The van der Waals surface area contributed by atoms with Crippen molar-refractivity contribution in [2.45, 2.75) is 52.2 Å². The summed E-state index contributed by atoms with van der Waals surface area (Å²) >= 11 is 0. The van der Waals surface area contributed by atoms with Crippen LogP contribution >= 0.6 is 7.37 Å². The van der Waals surface area contributed by atoms with Gasteiger partial charge in [0.1, 0.15) is 11.8 Å². The van der Waals surface area contributed by atoms with Crippen LogP contribution in [-0.2, 0) is 33.2 Å². The van der Waals surface area contributed by atoms with Crippen LogP contribution in [0.25, 0.3) is 0 Å². The topological polar surface area (TPSA) is 105 Å². The van der Waals surface area contributed by atoms with Crippen LogP contribution in [0.5, 0.6) is 5.75 Å². The Morgan fingerprint density at radius 1 is 0.878 bits per heavy atom. The van der Waals surface area contributed by atoms with E-state index in [-0.39, 0.29) is 24.1 Å². The van der Waals surface area contributed by atoms with Crippen molar-refractivity contribution in [2.75, 3.05) is 20.3 Å². The summed E-state index contributed by atoms with van der Waals surface area (Å²) < 4.78 is 19.0. The first-order chi connectivity index (χ1) is 19.4.